The van der Waals surface area contributed by atoms with Crippen molar-refractivity contribution in [1.29, 1.82) is 0 Å². The van der Waals surface area contributed by atoms with Gasteiger partial charge in [0.25, 0.3) is 5.91 Å². The number of aromatic nitrogens is 4. The van der Waals surface area contributed by atoms with Gasteiger partial charge in [0.15, 0.2) is 11.5 Å². The number of halogens is 1. The summed E-state index contributed by atoms with van der Waals surface area (Å²) in [5.74, 6) is 0.257. The topological polar surface area (TPSA) is 92.9 Å². The molecule has 4 rings (SSSR count). The number of rotatable bonds is 5. The van der Waals surface area contributed by atoms with Gasteiger partial charge in [-0.3, -0.25) is 9.48 Å². The van der Waals surface area contributed by atoms with Crippen LogP contribution in [-0.2, 0) is 6.54 Å². The van der Waals surface area contributed by atoms with Gasteiger partial charge < -0.3 is 10.4 Å². The summed E-state index contributed by atoms with van der Waals surface area (Å²) in [6, 6.07) is 10.9. The average Bonchev–Trinajstić information content (AvgIpc) is 3.33. The van der Waals surface area contributed by atoms with Gasteiger partial charge in [-0.25, -0.2) is 9.97 Å². The van der Waals surface area contributed by atoms with Gasteiger partial charge in [-0.05, 0) is 24.8 Å². The van der Waals surface area contributed by atoms with Crippen molar-refractivity contribution < 1.29 is 9.90 Å². The summed E-state index contributed by atoms with van der Waals surface area (Å²) in [6.45, 7) is 0.711. The standard InChI is InChI=1S/C20H20ClN5O2/c21-15-11-22-19(14-5-2-1-3-6-14)25-18(15)20(28)24-16-9-13(10-17(16)27)12-26-8-4-7-23-26/h1-8,11,13,16-17,27H,9-10,12H2,(H,24,28)/t13?,16-,17-/m1/s1. The Bertz CT molecular complexity index is 948. The van der Waals surface area contributed by atoms with E-state index in [1.165, 1.54) is 6.20 Å². The second-order valence-corrected chi connectivity index (χ2v) is 7.38. The quantitative estimate of drug-likeness (QED) is 0.690. The summed E-state index contributed by atoms with van der Waals surface area (Å²) in [4.78, 5) is 21.3. The first kappa shape index (κ1) is 18.6. The lowest BCUT2D eigenvalue weighted by Crippen LogP contribution is -2.40. The van der Waals surface area contributed by atoms with Crippen molar-refractivity contribution in [3.63, 3.8) is 0 Å². The maximum absolute atomic E-state index is 12.8. The van der Waals surface area contributed by atoms with E-state index in [1.807, 2.05) is 47.3 Å². The molecule has 1 aliphatic rings. The Kier molecular flexibility index (Phi) is 5.36. The molecular weight excluding hydrogens is 378 g/mol. The molecule has 144 valence electrons. The average molecular weight is 398 g/mol. The second kappa shape index (κ2) is 8.08. The number of hydrogen-bond donors (Lipinski definition) is 2. The molecule has 3 aromatic rings. The third-order valence-corrected chi connectivity index (χ3v) is 5.22. The molecule has 0 radical (unpaired) electrons. The Morgan fingerprint density at radius 3 is 2.82 bits per heavy atom. The Labute approximate surface area is 167 Å². The predicted molar refractivity (Wildman–Crippen MR) is 105 cm³/mol. The highest BCUT2D eigenvalue weighted by Crippen LogP contribution is 2.28. The molecule has 0 saturated heterocycles. The first-order chi connectivity index (χ1) is 13.6. The van der Waals surface area contributed by atoms with E-state index in [1.54, 1.807) is 6.20 Å². The zero-order chi connectivity index (χ0) is 19.5. The number of nitrogens with one attached hydrogen (secondary N) is 1. The van der Waals surface area contributed by atoms with Gasteiger partial charge in [0.2, 0.25) is 0 Å². The molecule has 0 aliphatic heterocycles. The van der Waals surface area contributed by atoms with Gasteiger partial charge in [0, 0.05) is 24.5 Å². The van der Waals surface area contributed by atoms with E-state index in [2.05, 4.69) is 20.4 Å². The highest BCUT2D eigenvalue weighted by Gasteiger charge is 2.35. The minimum absolute atomic E-state index is 0.109. The van der Waals surface area contributed by atoms with Crippen molar-refractivity contribution in [3.8, 4) is 11.4 Å². The number of nitrogens with zero attached hydrogens (tertiary/aromatic N) is 4. The van der Waals surface area contributed by atoms with E-state index in [0.717, 1.165) is 5.56 Å². The van der Waals surface area contributed by atoms with Crippen molar-refractivity contribution >= 4 is 17.5 Å². The van der Waals surface area contributed by atoms with E-state index in [-0.39, 0.29) is 22.7 Å². The number of carbonyl (C=O) groups excluding carboxylic acids is 1. The van der Waals surface area contributed by atoms with Crippen LogP contribution >= 0.6 is 11.6 Å². The van der Waals surface area contributed by atoms with Crippen molar-refractivity contribution in [2.75, 3.05) is 0 Å². The molecule has 1 amide bonds. The van der Waals surface area contributed by atoms with Crippen LogP contribution in [0, 0.1) is 5.92 Å². The zero-order valence-corrected chi connectivity index (χ0v) is 15.8. The summed E-state index contributed by atoms with van der Waals surface area (Å²) in [5.41, 5.74) is 0.909. The Hall–Kier alpha value is -2.77. The fourth-order valence-corrected chi connectivity index (χ4v) is 3.76. The van der Waals surface area contributed by atoms with Crippen LogP contribution in [0.4, 0.5) is 0 Å². The largest absolute Gasteiger partial charge is 0.391 e. The number of carbonyl (C=O) groups is 1. The molecule has 0 spiro atoms. The van der Waals surface area contributed by atoms with E-state index in [4.69, 9.17) is 11.6 Å². The van der Waals surface area contributed by atoms with Gasteiger partial charge in [-0.2, -0.15) is 5.10 Å². The van der Waals surface area contributed by atoms with Crippen LogP contribution in [0.25, 0.3) is 11.4 Å². The Morgan fingerprint density at radius 1 is 1.25 bits per heavy atom. The molecule has 7 nitrogen and oxygen atoms in total. The molecule has 1 saturated carbocycles. The maximum Gasteiger partial charge on any atom is 0.271 e. The van der Waals surface area contributed by atoms with Gasteiger partial charge in [-0.1, -0.05) is 41.9 Å². The molecule has 1 fully saturated rings. The van der Waals surface area contributed by atoms with Gasteiger partial charge in [0.05, 0.1) is 23.4 Å². The third kappa shape index (κ3) is 4.05. The first-order valence-electron chi connectivity index (χ1n) is 9.14. The van der Waals surface area contributed by atoms with E-state index in [9.17, 15) is 9.90 Å². The molecule has 2 aromatic heterocycles. The highest BCUT2D eigenvalue weighted by atomic mass is 35.5. The highest BCUT2D eigenvalue weighted by molar-refractivity contribution is 6.33. The Morgan fingerprint density at radius 2 is 2.07 bits per heavy atom. The lowest BCUT2D eigenvalue weighted by Gasteiger charge is -2.16. The molecule has 2 N–H and O–H groups in total. The number of aliphatic hydroxyl groups is 1. The van der Waals surface area contributed by atoms with Crippen LogP contribution in [0.3, 0.4) is 0 Å². The maximum atomic E-state index is 12.8. The first-order valence-corrected chi connectivity index (χ1v) is 9.52. The van der Waals surface area contributed by atoms with E-state index >= 15 is 0 Å². The van der Waals surface area contributed by atoms with Crippen molar-refractivity contribution in [2.45, 2.75) is 31.5 Å². The normalized spacial score (nSPS) is 21.6. The van der Waals surface area contributed by atoms with Crippen LogP contribution in [-0.4, -0.2) is 42.9 Å². The molecule has 1 unspecified atom stereocenters. The monoisotopic (exact) mass is 397 g/mol. The zero-order valence-electron chi connectivity index (χ0n) is 15.1. The van der Waals surface area contributed by atoms with Gasteiger partial charge >= 0.3 is 0 Å². The number of hydrogen-bond acceptors (Lipinski definition) is 5. The third-order valence-electron chi connectivity index (χ3n) is 4.94. The Balaban J connectivity index is 1.46. The van der Waals surface area contributed by atoms with Crippen molar-refractivity contribution in [2.24, 2.45) is 5.92 Å². The molecule has 0 bridgehead atoms. The summed E-state index contributed by atoms with van der Waals surface area (Å²) >= 11 is 6.16. The predicted octanol–water partition coefficient (Wildman–Crippen LogP) is 2.56. The second-order valence-electron chi connectivity index (χ2n) is 6.97. The number of benzene rings is 1. The van der Waals surface area contributed by atoms with Crippen LogP contribution in [0.15, 0.2) is 55.0 Å². The summed E-state index contributed by atoms with van der Waals surface area (Å²) in [7, 11) is 0. The lowest BCUT2D eigenvalue weighted by molar-refractivity contribution is 0.0868. The fourth-order valence-electron chi connectivity index (χ4n) is 3.58. The molecule has 28 heavy (non-hydrogen) atoms. The van der Waals surface area contributed by atoms with Gasteiger partial charge in [-0.15, -0.1) is 0 Å². The fraction of sp³-hybridized carbons (Fsp3) is 0.300. The molecule has 1 aromatic carbocycles. The minimum Gasteiger partial charge on any atom is -0.391 e. The van der Waals surface area contributed by atoms with E-state index < -0.39 is 12.0 Å². The van der Waals surface area contributed by atoms with Crippen LogP contribution in [0.5, 0.6) is 0 Å². The van der Waals surface area contributed by atoms with Crippen LogP contribution in [0.1, 0.15) is 23.3 Å². The summed E-state index contributed by atoms with van der Waals surface area (Å²) in [5, 5.41) is 17.6. The van der Waals surface area contributed by atoms with Crippen LogP contribution in [0.2, 0.25) is 5.02 Å². The van der Waals surface area contributed by atoms with Crippen LogP contribution < -0.4 is 5.32 Å². The number of aliphatic hydroxyl groups excluding tert-OH is 1. The lowest BCUT2D eigenvalue weighted by atomic mass is 10.1. The molecule has 8 heteroatoms. The summed E-state index contributed by atoms with van der Waals surface area (Å²) in [6.07, 6.45) is 5.71. The smallest absolute Gasteiger partial charge is 0.271 e. The van der Waals surface area contributed by atoms with E-state index in [0.29, 0.717) is 25.2 Å². The van der Waals surface area contributed by atoms with Crippen molar-refractivity contribution in [3.05, 3.63) is 65.7 Å². The minimum atomic E-state index is -0.612. The summed E-state index contributed by atoms with van der Waals surface area (Å²) < 4.78 is 1.84. The molecule has 2 heterocycles. The molecular formula is C20H20ClN5O2. The molecule has 3 atom stereocenters. The number of amides is 1. The SMILES string of the molecule is O=C(N[C@@H]1CC(Cn2cccn2)C[C@H]1O)c1nc(-c2ccccc2)ncc1Cl. The molecule has 1 aliphatic carbocycles. The van der Waals surface area contributed by atoms with Crippen molar-refractivity contribution in [1.82, 2.24) is 25.1 Å². The van der Waals surface area contributed by atoms with Gasteiger partial charge in [0.1, 0.15) is 0 Å².